The molecule has 2 aliphatic heterocycles. The van der Waals surface area contributed by atoms with E-state index < -0.39 is 6.10 Å². The molecular formula is C18H27N3O3. The molecule has 0 radical (unpaired) electrons. The van der Waals surface area contributed by atoms with Gasteiger partial charge in [-0.25, -0.2) is 0 Å². The van der Waals surface area contributed by atoms with Gasteiger partial charge in [0.25, 0.3) is 5.91 Å². The molecule has 1 aromatic rings. The molecule has 4 atom stereocenters. The number of amides is 1. The van der Waals surface area contributed by atoms with Gasteiger partial charge in [-0.15, -0.1) is 0 Å². The topological polar surface area (TPSA) is 76.8 Å². The number of morpholine rings is 1. The van der Waals surface area contributed by atoms with Crippen molar-refractivity contribution >= 4 is 17.3 Å². The zero-order valence-electron chi connectivity index (χ0n) is 14.4. The van der Waals surface area contributed by atoms with Gasteiger partial charge in [0, 0.05) is 19.6 Å². The summed E-state index contributed by atoms with van der Waals surface area (Å²) in [4.78, 5) is 14.8. The summed E-state index contributed by atoms with van der Waals surface area (Å²) in [7, 11) is 0. The van der Waals surface area contributed by atoms with E-state index in [1.54, 1.807) is 0 Å². The summed E-state index contributed by atoms with van der Waals surface area (Å²) in [6.07, 6.45) is 1.49. The molecule has 24 heavy (non-hydrogen) atoms. The van der Waals surface area contributed by atoms with Crippen LogP contribution in [0.3, 0.4) is 0 Å². The first-order chi connectivity index (χ1) is 11.6. The van der Waals surface area contributed by atoms with E-state index in [-0.39, 0.29) is 24.2 Å². The molecule has 2 unspecified atom stereocenters. The van der Waals surface area contributed by atoms with Crippen LogP contribution in [0.2, 0.25) is 0 Å². The third kappa shape index (κ3) is 3.88. The van der Waals surface area contributed by atoms with Crippen LogP contribution < -0.4 is 16.0 Å². The van der Waals surface area contributed by atoms with Gasteiger partial charge in [0.15, 0.2) is 0 Å². The summed E-state index contributed by atoms with van der Waals surface area (Å²) in [6.45, 7) is 6.23. The van der Waals surface area contributed by atoms with Gasteiger partial charge in [-0.1, -0.05) is 12.1 Å². The highest BCUT2D eigenvalue weighted by Crippen LogP contribution is 2.29. The lowest BCUT2D eigenvalue weighted by Gasteiger charge is -2.37. The number of carbonyl (C=O) groups is 1. The number of para-hydroxylation sites is 2. The van der Waals surface area contributed by atoms with Gasteiger partial charge in [-0.05, 0) is 38.8 Å². The molecule has 0 spiro atoms. The largest absolute Gasteiger partial charge is 0.372 e. The first kappa shape index (κ1) is 17.2. The summed E-state index contributed by atoms with van der Waals surface area (Å²) in [6, 6.07) is 7.91. The third-order valence-corrected chi connectivity index (χ3v) is 4.59. The zero-order valence-corrected chi connectivity index (χ0v) is 14.4. The van der Waals surface area contributed by atoms with E-state index in [1.165, 1.54) is 0 Å². The molecule has 6 heteroatoms. The Morgan fingerprint density at radius 2 is 1.92 bits per heavy atom. The molecule has 2 saturated heterocycles. The van der Waals surface area contributed by atoms with Crippen molar-refractivity contribution in [3.05, 3.63) is 24.3 Å². The number of carbonyl (C=O) groups excluding carboxylic acids is 1. The number of rotatable bonds is 4. The van der Waals surface area contributed by atoms with Gasteiger partial charge in [0.05, 0.1) is 29.7 Å². The van der Waals surface area contributed by atoms with Crippen LogP contribution in [0.1, 0.15) is 26.7 Å². The Hall–Kier alpha value is -1.63. The van der Waals surface area contributed by atoms with Crippen LogP contribution in [0.25, 0.3) is 0 Å². The minimum Gasteiger partial charge on any atom is -0.372 e. The van der Waals surface area contributed by atoms with E-state index in [0.717, 1.165) is 37.3 Å². The van der Waals surface area contributed by atoms with Crippen LogP contribution in [-0.4, -0.2) is 50.0 Å². The number of nitrogens with one attached hydrogen (secondary N) is 1. The number of benzene rings is 1. The molecule has 6 nitrogen and oxygen atoms in total. The number of nitrogens with zero attached hydrogens (tertiary/aromatic N) is 1. The number of ether oxygens (including phenoxy) is 2. The van der Waals surface area contributed by atoms with Gasteiger partial charge < -0.3 is 25.4 Å². The summed E-state index contributed by atoms with van der Waals surface area (Å²) in [5, 5.41) is 3.04. The Bertz CT molecular complexity index is 570. The quantitative estimate of drug-likeness (QED) is 0.878. The highest BCUT2D eigenvalue weighted by atomic mass is 16.5. The van der Waals surface area contributed by atoms with E-state index >= 15 is 0 Å². The molecular weight excluding hydrogens is 306 g/mol. The lowest BCUT2D eigenvalue weighted by molar-refractivity contribution is -0.126. The Balaban J connectivity index is 1.71. The molecule has 0 bridgehead atoms. The molecule has 3 rings (SSSR count). The molecule has 0 aromatic heterocycles. The fourth-order valence-electron chi connectivity index (χ4n) is 3.51. The van der Waals surface area contributed by atoms with Crippen LogP contribution in [0.15, 0.2) is 24.3 Å². The average Bonchev–Trinajstić information content (AvgIpc) is 3.03. The van der Waals surface area contributed by atoms with Crippen molar-refractivity contribution in [3.63, 3.8) is 0 Å². The van der Waals surface area contributed by atoms with Crippen molar-refractivity contribution in [2.24, 2.45) is 5.73 Å². The van der Waals surface area contributed by atoms with E-state index in [4.69, 9.17) is 15.2 Å². The van der Waals surface area contributed by atoms with Crippen LogP contribution in [-0.2, 0) is 14.3 Å². The second-order valence-electron chi connectivity index (χ2n) is 6.73. The smallest absolute Gasteiger partial charge is 0.253 e. The predicted octanol–water partition coefficient (Wildman–Crippen LogP) is 1.74. The standard InChI is InChI=1S/C18H27N3O3/c1-12-10-21(11-13(2)23-12)16-6-4-3-5-15(16)20-18(22)17-8-7-14(9-19)24-17/h3-6,12-14,17H,7-11,19H2,1-2H3,(H,20,22)/t12?,13?,14-,17+/m1/s1. The first-order valence-electron chi connectivity index (χ1n) is 8.72. The van der Waals surface area contributed by atoms with Crippen molar-refractivity contribution < 1.29 is 14.3 Å². The normalized spacial score (nSPS) is 30.4. The summed E-state index contributed by atoms with van der Waals surface area (Å²) >= 11 is 0. The maximum Gasteiger partial charge on any atom is 0.253 e. The molecule has 1 amide bonds. The minimum atomic E-state index is -0.408. The van der Waals surface area contributed by atoms with Crippen molar-refractivity contribution in [1.82, 2.24) is 0 Å². The second-order valence-corrected chi connectivity index (χ2v) is 6.73. The molecule has 0 saturated carbocycles. The predicted molar refractivity (Wildman–Crippen MR) is 94.2 cm³/mol. The summed E-state index contributed by atoms with van der Waals surface area (Å²) in [5.74, 6) is -0.0900. The fraction of sp³-hybridized carbons (Fsp3) is 0.611. The molecule has 132 valence electrons. The highest BCUT2D eigenvalue weighted by Gasteiger charge is 2.31. The average molecular weight is 333 g/mol. The van der Waals surface area contributed by atoms with Gasteiger partial charge >= 0.3 is 0 Å². The van der Waals surface area contributed by atoms with E-state index in [2.05, 4.69) is 24.1 Å². The molecule has 2 heterocycles. The van der Waals surface area contributed by atoms with Crippen LogP contribution in [0, 0.1) is 0 Å². The van der Waals surface area contributed by atoms with Crippen LogP contribution in [0.4, 0.5) is 11.4 Å². The van der Waals surface area contributed by atoms with Crippen molar-refractivity contribution in [3.8, 4) is 0 Å². The van der Waals surface area contributed by atoms with E-state index in [1.807, 2.05) is 24.3 Å². The molecule has 2 aliphatic rings. The number of hydrogen-bond donors (Lipinski definition) is 2. The van der Waals surface area contributed by atoms with Gasteiger partial charge in [0.1, 0.15) is 6.10 Å². The SMILES string of the molecule is CC1CN(c2ccccc2NC(=O)[C@@H]2CC[C@H](CN)O2)CC(C)O1. The number of hydrogen-bond acceptors (Lipinski definition) is 5. The Kier molecular flexibility index (Phi) is 5.38. The first-order valence-corrected chi connectivity index (χ1v) is 8.72. The maximum absolute atomic E-state index is 12.5. The molecule has 3 N–H and O–H groups in total. The van der Waals surface area contributed by atoms with Crippen molar-refractivity contribution in [1.29, 1.82) is 0 Å². The Labute approximate surface area is 143 Å². The van der Waals surface area contributed by atoms with Crippen molar-refractivity contribution in [2.45, 2.75) is 51.1 Å². The highest BCUT2D eigenvalue weighted by molar-refractivity contribution is 5.97. The lowest BCUT2D eigenvalue weighted by atomic mass is 10.1. The zero-order chi connectivity index (χ0) is 17.1. The second kappa shape index (κ2) is 7.51. The maximum atomic E-state index is 12.5. The van der Waals surface area contributed by atoms with Gasteiger partial charge in [0.2, 0.25) is 0 Å². The van der Waals surface area contributed by atoms with Gasteiger partial charge in [-0.3, -0.25) is 4.79 Å². The fourth-order valence-corrected chi connectivity index (χ4v) is 3.51. The molecule has 1 aromatic carbocycles. The Morgan fingerprint density at radius 1 is 1.21 bits per heavy atom. The van der Waals surface area contributed by atoms with E-state index in [0.29, 0.717) is 6.54 Å². The number of nitrogens with two attached hydrogens (primary N) is 1. The number of anilines is 2. The lowest BCUT2D eigenvalue weighted by Crippen LogP contribution is -2.45. The van der Waals surface area contributed by atoms with Gasteiger partial charge in [-0.2, -0.15) is 0 Å². The molecule has 0 aliphatic carbocycles. The third-order valence-electron chi connectivity index (χ3n) is 4.59. The summed E-state index contributed by atoms with van der Waals surface area (Å²) < 4.78 is 11.5. The Morgan fingerprint density at radius 3 is 2.58 bits per heavy atom. The van der Waals surface area contributed by atoms with Crippen LogP contribution >= 0.6 is 0 Å². The molecule has 2 fully saturated rings. The minimum absolute atomic E-state index is 0.00284. The van der Waals surface area contributed by atoms with Crippen LogP contribution in [0.5, 0.6) is 0 Å². The summed E-state index contributed by atoms with van der Waals surface area (Å²) in [5.41, 5.74) is 7.47. The van der Waals surface area contributed by atoms with E-state index in [9.17, 15) is 4.79 Å². The monoisotopic (exact) mass is 333 g/mol. The van der Waals surface area contributed by atoms with Crippen molar-refractivity contribution in [2.75, 3.05) is 29.9 Å².